The molecule has 2 aromatic carbocycles. The Morgan fingerprint density at radius 3 is 2.54 bits per heavy atom. The molecule has 2 unspecified atom stereocenters. The molecule has 0 radical (unpaired) electrons. The van der Waals surface area contributed by atoms with Gasteiger partial charge in [-0.05, 0) is 29.2 Å². The highest BCUT2D eigenvalue weighted by atomic mass is 35.5. The highest BCUT2D eigenvalue weighted by Crippen LogP contribution is 2.47. The second kappa shape index (κ2) is 6.33. The van der Waals surface area contributed by atoms with E-state index in [-0.39, 0.29) is 23.2 Å². The van der Waals surface area contributed by atoms with Crippen molar-refractivity contribution in [1.82, 2.24) is 0 Å². The second-order valence-corrected chi connectivity index (χ2v) is 8.43. The summed E-state index contributed by atoms with van der Waals surface area (Å²) in [5, 5.41) is 8.00. The van der Waals surface area contributed by atoms with E-state index in [9.17, 15) is 4.79 Å². The van der Waals surface area contributed by atoms with E-state index in [4.69, 9.17) is 23.2 Å². The number of fused-ring (bicyclic) bond motifs is 2. The van der Waals surface area contributed by atoms with Crippen LogP contribution >= 0.6 is 23.2 Å². The Labute approximate surface area is 163 Å². The molecule has 0 aromatic heterocycles. The highest BCUT2D eigenvalue weighted by Gasteiger charge is 2.42. The third-order valence-corrected chi connectivity index (χ3v) is 5.86. The lowest BCUT2D eigenvalue weighted by Crippen LogP contribution is -2.36. The van der Waals surface area contributed by atoms with Crippen molar-refractivity contribution in [3.05, 3.63) is 69.8 Å². The molecular formula is C21H20Cl2N2O. The fourth-order valence-corrected chi connectivity index (χ4v) is 4.34. The lowest BCUT2D eigenvalue weighted by Gasteiger charge is -2.35. The molecule has 2 atom stereocenters. The van der Waals surface area contributed by atoms with Gasteiger partial charge in [0.25, 0.3) is 0 Å². The molecule has 26 heavy (non-hydrogen) atoms. The second-order valence-electron chi connectivity index (χ2n) is 7.64. The van der Waals surface area contributed by atoms with Gasteiger partial charge in [0.15, 0.2) is 0 Å². The summed E-state index contributed by atoms with van der Waals surface area (Å²) < 4.78 is 0. The van der Waals surface area contributed by atoms with Gasteiger partial charge in [-0.1, -0.05) is 67.4 Å². The number of para-hydroxylation sites is 2. The van der Waals surface area contributed by atoms with E-state index in [0.29, 0.717) is 16.5 Å². The number of carbonyl (C=O) groups is 1. The topological polar surface area (TPSA) is 41.1 Å². The van der Waals surface area contributed by atoms with Crippen LogP contribution in [0.1, 0.15) is 31.9 Å². The molecule has 0 spiro atoms. The van der Waals surface area contributed by atoms with Crippen LogP contribution in [0.2, 0.25) is 10.0 Å². The third-order valence-electron chi connectivity index (χ3n) is 5.02. The Kier molecular flexibility index (Phi) is 4.25. The molecule has 3 nitrogen and oxygen atoms in total. The van der Waals surface area contributed by atoms with Gasteiger partial charge < -0.3 is 10.6 Å². The normalized spacial score (nSPS) is 23.7. The van der Waals surface area contributed by atoms with E-state index >= 15 is 0 Å². The van der Waals surface area contributed by atoms with Gasteiger partial charge in [-0.3, -0.25) is 4.79 Å². The smallest absolute Gasteiger partial charge is 0.145 e. The maximum Gasteiger partial charge on any atom is 0.145 e. The summed E-state index contributed by atoms with van der Waals surface area (Å²) in [6, 6.07) is 13.2. The molecule has 1 aliphatic carbocycles. The van der Waals surface area contributed by atoms with Crippen molar-refractivity contribution >= 4 is 40.4 Å². The summed E-state index contributed by atoms with van der Waals surface area (Å²) in [4.78, 5) is 13.1. The Morgan fingerprint density at radius 2 is 1.77 bits per heavy atom. The van der Waals surface area contributed by atoms with Crippen molar-refractivity contribution in [1.29, 1.82) is 0 Å². The zero-order valence-electron chi connectivity index (χ0n) is 14.6. The van der Waals surface area contributed by atoms with Crippen LogP contribution in [0.15, 0.2) is 54.2 Å². The number of halogens is 2. The van der Waals surface area contributed by atoms with Gasteiger partial charge in [-0.25, -0.2) is 0 Å². The van der Waals surface area contributed by atoms with Crippen LogP contribution < -0.4 is 10.6 Å². The largest absolute Gasteiger partial charge is 0.375 e. The summed E-state index contributed by atoms with van der Waals surface area (Å²) >= 11 is 12.8. The van der Waals surface area contributed by atoms with Crippen molar-refractivity contribution in [2.45, 2.75) is 26.3 Å². The van der Waals surface area contributed by atoms with E-state index in [1.165, 1.54) is 0 Å². The lowest BCUT2D eigenvalue weighted by atomic mass is 9.72. The van der Waals surface area contributed by atoms with Crippen LogP contribution in [-0.4, -0.2) is 5.78 Å². The minimum atomic E-state index is -0.341. The standard InChI is InChI=1S/C21H20Cl2N2O/c1-21(2)10-16-18(17(26)11-21)20(12-6-5-7-13(22)19(12)23)25-15-9-4-3-8-14(15)24-16/h3-10,18,20,24-25H,11H2,1-2H3. The zero-order chi connectivity index (χ0) is 18.5. The number of nitrogens with one attached hydrogen (secondary N) is 2. The highest BCUT2D eigenvalue weighted by molar-refractivity contribution is 6.42. The number of hydrogen-bond donors (Lipinski definition) is 2. The number of Topliss-reactive ketones (excluding diaryl/α,β-unsaturated/α-hetero) is 1. The molecule has 134 valence electrons. The van der Waals surface area contributed by atoms with Crippen LogP contribution in [-0.2, 0) is 4.79 Å². The number of rotatable bonds is 1. The Bertz CT molecular complexity index is 920. The van der Waals surface area contributed by atoms with Gasteiger partial charge in [-0.2, -0.15) is 0 Å². The summed E-state index contributed by atoms with van der Waals surface area (Å²) in [7, 11) is 0. The molecule has 1 aliphatic heterocycles. The van der Waals surface area contributed by atoms with Crippen LogP contribution in [0.3, 0.4) is 0 Å². The van der Waals surface area contributed by atoms with E-state index in [1.54, 1.807) is 6.07 Å². The lowest BCUT2D eigenvalue weighted by molar-refractivity contribution is -0.124. The summed E-state index contributed by atoms with van der Waals surface area (Å²) in [5.41, 5.74) is 3.47. The maximum atomic E-state index is 13.1. The number of anilines is 2. The van der Waals surface area contributed by atoms with Crippen LogP contribution in [0, 0.1) is 11.3 Å². The van der Waals surface area contributed by atoms with Crippen LogP contribution in [0.5, 0.6) is 0 Å². The average molecular weight is 387 g/mol. The van der Waals surface area contributed by atoms with Gasteiger partial charge in [0.2, 0.25) is 0 Å². The summed E-state index contributed by atoms with van der Waals surface area (Å²) in [6.45, 7) is 4.17. The van der Waals surface area contributed by atoms with Gasteiger partial charge in [0, 0.05) is 12.1 Å². The molecule has 2 aliphatic rings. The summed E-state index contributed by atoms with van der Waals surface area (Å²) in [5.74, 6) is -0.146. The Hall–Kier alpha value is -1.97. The van der Waals surface area contributed by atoms with E-state index < -0.39 is 0 Å². The van der Waals surface area contributed by atoms with E-state index in [1.807, 2.05) is 36.4 Å². The predicted molar refractivity (Wildman–Crippen MR) is 108 cm³/mol. The van der Waals surface area contributed by atoms with E-state index in [2.05, 4.69) is 30.6 Å². The number of hydrogen-bond acceptors (Lipinski definition) is 3. The van der Waals surface area contributed by atoms with Gasteiger partial charge in [0.05, 0.1) is 33.4 Å². The number of ketones is 1. The fraction of sp³-hybridized carbons (Fsp3) is 0.286. The van der Waals surface area contributed by atoms with Crippen molar-refractivity contribution in [2.75, 3.05) is 10.6 Å². The number of carbonyl (C=O) groups excluding carboxylic acids is 1. The first-order valence-electron chi connectivity index (χ1n) is 8.68. The molecule has 0 saturated carbocycles. The zero-order valence-corrected chi connectivity index (χ0v) is 16.2. The van der Waals surface area contributed by atoms with Gasteiger partial charge in [-0.15, -0.1) is 0 Å². The number of benzene rings is 2. The quantitative estimate of drug-likeness (QED) is 0.624. The molecule has 5 heteroatoms. The molecule has 4 rings (SSSR count). The van der Waals surface area contributed by atoms with Crippen molar-refractivity contribution in [2.24, 2.45) is 11.3 Å². The third kappa shape index (κ3) is 3.00. The molecule has 0 saturated heterocycles. The monoisotopic (exact) mass is 386 g/mol. The molecular weight excluding hydrogens is 367 g/mol. The SMILES string of the molecule is CC1(C)C=C2Nc3ccccc3NC(c3cccc(Cl)c3Cl)C2C(=O)C1. The van der Waals surface area contributed by atoms with Crippen molar-refractivity contribution < 1.29 is 4.79 Å². The van der Waals surface area contributed by atoms with Gasteiger partial charge in [0.1, 0.15) is 5.78 Å². The fourth-order valence-electron chi connectivity index (χ4n) is 3.92. The minimum absolute atomic E-state index is 0.183. The summed E-state index contributed by atoms with van der Waals surface area (Å²) in [6.07, 6.45) is 2.67. The minimum Gasteiger partial charge on any atom is -0.375 e. The number of allylic oxidation sites excluding steroid dienone is 1. The molecule has 0 amide bonds. The molecule has 2 N–H and O–H groups in total. The van der Waals surface area contributed by atoms with Gasteiger partial charge >= 0.3 is 0 Å². The molecule has 0 bridgehead atoms. The predicted octanol–water partition coefficient (Wildman–Crippen LogP) is 6.07. The first-order chi connectivity index (χ1) is 12.4. The van der Waals surface area contributed by atoms with Crippen molar-refractivity contribution in [3.8, 4) is 0 Å². The van der Waals surface area contributed by atoms with Crippen LogP contribution in [0.25, 0.3) is 0 Å². The van der Waals surface area contributed by atoms with Crippen molar-refractivity contribution in [3.63, 3.8) is 0 Å². The van der Waals surface area contributed by atoms with Crippen LogP contribution in [0.4, 0.5) is 11.4 Å². The molecule has 0 fully saturated rings. The first kappa shape index (κ1) is 17.4. The average Bonchev–Trinajstić information content (AvgIpc) is 2.72. The van der Waals surface area contributed by atoms with E-state index in [0.717, 1.165) is 22.6 Å². The molecule has 2 aromatic rings. The molecule has 1 heterocycles. The first-order valence-corrected chi connectivity index (χ1v) is 9.43. The Balaban J connectivity index is 1.92. The maximum absolute atomic E-state index is 13.1. The Morgan fingerprint density at radius 1 is 1.04 bits per heavy atom.